The van der Waals surface area contributed by atoms with Crippen molar-refractivity contribution in [3.8, 4) is 0 Å². The molecule has 3 atom stereocenters. The number of nitrogens with one attached hydrogen (secondary N) is 1. The third-order valence-corrected chi connectivity index (χ3v) is 3.75. The monoisotopic (exact) mass is 240 g/mol. The zero-order chi connectivity index (χ0) is 12.3. The van der Waals surface area contributed by atoms with E-state index in [0.29, 0.717) is 11.8 Å². The molecule has 1 saturated heterocycles. The third kappa shape index (κ3) is 3.19. The largest absolute Gasteiger partial charge is 0.378 e. The van der Waals surface area contributed by atoms with E-state index < -0.39 is 0 Å². The molecule has 98 valence electrons. The molecule has 1 aliphatic heterocycles. The SMILES string of the molecule is CCOC1CC1C(=O)N1CCCC(CNC)C1. The fraction of sp³-hybridized carbons (Fsp3) is 0.923. The van der Waals surface area contributed by atoms with Gasteiger partial charge in [-0.05, 0) is 45.7 Å². The summed E-state index contributed by atoms with van der Waals surface area (Å²) in [5, 5.41) is 3.21. The van der Waals surface area contributed by atoms with Crippen LogP contribution in [0.15, 0.2) is 0 Å². The maximum Gasteiger partial charge on any atom is 0.228 e. The molecule has 1 heterocycles. The molecule has 2 aliphatic rings. The highest BCUT2D eigenvalue weighted by molar-refractivity contribution is 5.82. The summed E-state index contributed by atoms with van der Waals surface area (Å²) in [6.07, 6.45) is 3.52. The second kappa shape index (κ2) is 5.83. The highest BCUT2D eigenvalue weighted by atomic mass is 16.5. The number of nitrogens with zero attached hydrogens (tertiary/aromatic N) is 1. The van der Waals surface area contributed by atoms with Gasteiger partial charge in [0.1, 0.15) is 0 Å². The molecule has 1 saturated carbocycles. The summed E-state index contributed by atoms with van der Waals surface area (Å²) in [5.41, 5.74) is 0. The van der Waals surface area contributed by atoms with Crippen LogP contribution in [0, 0.1) is 11.8 Å². The van der Waals surface area contributed by atoms with Gasteiger partial charge in [-0.1, -0.05) is 0 Å². The van der Waals surface area contributed by atoms with E-state index in [0.717, 1.165) is 39.1 Å². The lowest BCUT2D eigenvalue weighted by Gasteiger charge is -2.33. The molecule has 0 aromatic rings. The number of piperidine rings is 1. The van der Waals surface area contributed by atoms with Crippen molar-refractivity contribution in [2.24, 2.45) is 11.8 Å². The van der Waals surface area contributed by atoms with Gasteiger partial charge in [-0.15, -0.1) is 0 Å². The topological polar surface area (TPSA) is 41.6 Å². The molecular formula is C13H24N2O2. The molecule has 17 heavy (non-hydrogen) atoms. The summed E-state index contributed by atoms with van der Waals surface area (Å²) < 4.78 is 5.49. The fourth-order valence-corrected chi connectivity index (χ4v) is 2.78. The number of ether oxygens (including phenoxy) is 1. The van der Waals surface area contributed by atoms with E-state index in [9.17, 15) is 4.79 Å². The first-order valence-corrected chi connectivity index (χ1v) is 6.81. The first-order chi connectivity index (χ1) is 8.26. The van der Waals surface area contributed by atoms with Crippen molar-refractivity contribution < 1.29 is 9.53 Å². The van der Waals surface area contributed by atoms with Gasteiger partial charge >= 0.3 is 0 Å². The van der Waals surface area contributed by atoms with Gasteiger partial charge in [-0.2, -0.15) is 0 Å². The predicted octanol–water partition coefficient (Wildman–Crippen LogP) is 0.869. The first-order valence-electron chi connectivity index (χ1n) is 6.81. The number of carbonyl (C=O) groups excluding carboxylic acids is 1. The number of amides is 1. The minimum atomic E-state index is 0.156. The average Bonchev–Trinajstić information content (AvgIpc) is 3.09. The van der Waals surface area contributed by atoms with Gasteiger partial charge < -0.3 is 15.0 Å². The lowest BCUT2D eigenvalue weighted by molar-refractivity contribution is -0.135. The van der Waals surface area contributed by atoms with E-state index >= 15 is 0 Å². The molecule has 1 amide bonds. The maximum atomic E-state index is 12.2. The second-order valence-corrected chi connectivity index (χ2v) is 5.19. The fourth-order valence-electron chi connectivity index (χ4n) is 2.78. The molecule has 0 spiro atoms. The van der Waals surface area contributed by atoms with Crippen LogP contribution in [0.4, 0.5) is 0 Å². The van der Waals surface area contributed by atoms with Crippen LogP contribution in [0.2, 0.25) is 0 Å². The highest BCUT2D eigenvalue weighted by Crippen LogP contribution is 2.36. The summed E-state index contributed by atoms with van der Waals surface area (Å²) in [6, 6.07) is 0. The lowest BCUT2D eigenvalue weighted by Crippen LogP contribution is -2.43. The van der Waals surface area contributed by atoms with Crippen molar-refractivity contribution in [1.82, 2.24) is 10.2 Å². The third-order valence-electron chi connectivity index (χ3n) is 3.75. The molecule has 2 rings (SSSR count). The van der Waals surface area contributed by atoms with E-state index in [1.54, 1.807) is 0 Å². The second-order valence-electron chi connectivity index (χ2n) is 5.19. The van der Waals surface area contributed by atoms with Crippen molar-refractivity contribution in [2.45, 2.75) is 32.3 Å². The van der Waals surface area contributed by atoms with E-state index in [4.69, 9.17) is 4.74 Å². The molecule has 2 fully saturated rings. The molecule has 0 aromatic carbocycles. The molecule has 4 heteroatoms. The van der Waals surface area contributed by atoms with Gasteiger partial charge in [-0.3, -0.25) is 4.79 Å². The van der Waals surface area contributed by atoms with Gasteiger partial charge in [0, 0.05) is 19.7 Å². The lowest BCUT2D eigenvalue weighted by atomic mass is 9.97. The van der Waals surface area contributed by atoms with Gasteiger partial charge in [0.05, 0.1) is 12.0 Å². The Morgan fingerprint density at radius 1 is 1.53 bits per heavy atom. The smallest absolute Gasteiger partial charge is 0.228 e. The van der Waals surface area contributed by atoms with E-state index in [1.165, 1.54) is 6.42 Å². The Morgan fingerprint density at radius 2 is 2.35 bits per heavy atom. The summed E-state index contributed by atoms with van der Waals surface area (Å²) >= 11 is 0. The number of hydrogen-bond acceptors (Lipinski definition) is 3. The van der Waals surface area contributed by atoms with Crippen LogP contribution in [-0.4, -0.2) is 50.2 Å². The highest BCUT2D eigenvalue weighted by Gasteiger charge is 2.46. The number of hydrogen-bond donors (Lipinski definition) is 1. The molecule has 1 N–H and O–H groups in total. The Bertz CT molecular complexity index is 268. The minimum Gasteiger partial charge on any atom is -0.378 e. The van der Waals surface area contributed by atoms with Gasteiger partial charge in [0.15, 0.2) is 0 Å². The summed E-state index contributed by atoms with van der Waals surface area (Å²) in [7, 11) is 1.98. The van der Waals surface area contributed by atoms with Crippen LogP contribution in [0.5, 0.6) is 0 Å². The Hall–Kier alpha value is -0.610. The van der Waals surface area contributed by atoms with Crippen LogP contribution in [-0.2, 0) is 9.53 Å². The van der Waals surface area contributed by atoms with Gasteiger partial charge in [0.2, 0.25) is 5.91 Å². The van der Waals surface area contributed by atoms with E-state index in [-0.39, 0.29) is 12.0 Å². The van der Waals surface area contributed by atoms with Crippen LogP contribution in [0.25, 0.3) is 0 Å². The van der Waals surface area contributed by atoms with E-state index in [2.05, 4.69) is 10.2 Å². The van der Waals surface area contributed by atoms with Gasteiger partial charge in [-0.25, -0.2) is 0 Å². The average molecular weight is 240 g/mol. The molecule has 4 nitrogen and oxygen atoms in total. The summed E-state index contributed by atoms with van der Waals surface area (Å²) in [5.74, 6) is 1.11. The van der Waals surface area contributed by atoms with Crippen molar-refractivity contribution in [2.75, 3.05) is 33.3 Å². The van der Waals surface area contributed by atoms with Crippen LogP contribution in [0.1, 0.15) is 26.2 Å². The zero-order valence-corrected chi connectivity index (χ0v) is 10.9. The van der Waals surface area contributed by atoms with Crippen molar-refractivity contribution in [1.29, 1.82) is 0 Å². The Morgan fingerprint density at radius 3 is 3.06 bits per heavy atom. The molecule has 0 bridgehead atoms. The van der Waals surface area contributed by atoms with Crippen molar-refractivity contribution in [3.05, 3.63) is 0 Å². The Balaban J connectivity index is 1.79. The molecule has 3 unspecified atom stereocenters. The number of likely N-dealkylation sites (tertiary alicyclic amines) is 1. The molecular weight excluding hydrogens is 216 g/mol. The quantitative estimate of drug-likeness (QED) is 0.775. The number of rotatable bonds is 5. The molecule has 0 radical (unpaired) electrons. The predicted molar refractivity (Wildman–Crippen MR) is 66.8 cm³/mol. The summed E-state index contributed by atoms with van der Waals surface area (Å²) in [4.78, 5) is 14.3. The number of carbonyl (C=O) groups is 1. The van der Waals surface area contributed by atoms with Gasteiger partial charge in [0.25, 0.3) is 0 Å². The Kier molecular flexibility index (Phi) is 4.40. The van der Waals surface area contributed by atoms with E-state index in [1.807, 2.05) is 14.0 Å². The van der Waals surface area contributed by atoms with Crippen LogP contribution < -0.4 is 5.32 Å². The standard InChI is InChI=1S/C13H24N2O2/c1-3-17-12-7-11(12)13(16)15-6-4-5-10(9-15)8-14-2/h10-12,14H,3-9H2,1-2H3. The summed E-state index contributed by atoms with van der Waals surface area (Å²) in [6.45, 7) is 5.59. The van der Waals surface area contributed by atoms with Crippen molar-refractivity contribution >= 4 is 5.91 Å². The first kappa shape index (κ1) is 12.8. The molecule has 0 aromatic heterocycles. The Labute approximate surface area is 104 Å². The maximum absolute atomic E-state index is 12.2. The molecule has 1 aliphatic carbocycles. The van der Waals surface area contributed by atoms with Crippen LogP contribution >= 0.6 is 0 Å². The zero-order valence-electron chi connectivity index (χ0n) is 10.9. The van der Waals surface area contributed by atoms with Crippen LogP contribution in [0.3, 0.4) is 0 Å². The minimum absolute atomic E-state index is 0.156. The van der Waals surface area contributed by atoms with Crippen molar-refractivity contribution in [3.63, 3.8) is 0 Å². The normalized spacial score (nSPS) is 32.6.